The largest absolute Gasteiger partial charge is 0.365 e. The van der Waals surface area contributed by atoms with E-state index in [1.54, 1.807) is 6.33 Å². The highest BCUT2D eigenvalue weighted by Gasteiger charge is 2.22. The summed E-state index contributed by atoms with van der Waals surface area (Å²) in [6.45, 7) is 6.40. The van der Waals surface area contributed by atoms with E-state index < -0.39 is 0 Å². The van der Waals surface area contributed by atoms with Crippen LogP contribution in [0.3, 0.4) is 0 Å². The zero-order chi connectivity index (χ0) is 10.9. The predicted molar refractivity (Wildman–Crippen MR) is 61.8 cm³/mol. The van der Waals surface area contributed by atoms with Crippen molar-refractivity contribution in [3.8, 4) is 0 Å². The van der Waals surface area contributed by atoms with Crippen molar-refractivity contribution in [2.24, 2.45) is 5.92 Å². The van der Waals surface area contributed by atoms with Crippen LogP contribution in [0.4, 0.5) is 5.82 Å². The Balaban J connectivity index is 2.04. The highest BCUT2D eigenvalue weighted by Crippen LogP contribution is 2.32. The second-order valence-corrected chi connectivity index (χ2v) is 5.42. The third-order valence-electron chi connectivity index (χ3n) is 2.42. The molecule has 82 valence electrons. The second-order valence-electron chi connectivity index (χ2n) is 5.42. The molecule has 0 radical (unpaired) electrons. The van der Waals surface area contributed by atoms with E-state index in [0.29, 0.717) is 0 Å². The fraction of sp³-hybridized carbons (Fsp3) is 0.667. The van der Waals surface area contributed by atoms with E-state index in [1.807, 2.05) is 0 Å². The first kappa shape index (κ1) is 10.4. The summed E-state index contributed by atoms with van der Waals surface area (Å²) in [5.41, 5.74) is 1.23. The Morgan fingerprint density at radius 1 is 1.33 bits per heavy atom. The molecule has 0 spiro atoms. The Morgan fingerprint density at radius 3 is 2.67 bits per heavy atom. The van der Waals surface area contributed by atoms with E-state index in [2.05, 4.69) is 42.1 Å². The van der Waals surface area contributed by atoms with Gasteiger partial charge < -0.3 is 5.32 Å². The van der Waals surface area contributed by atoms with Gasteiger partial charge in [-0.2, -0.15) is 0 Å². The van der Waals surface area contributed by atoms with Gasteiger partial charge in [0, 0.05) is 17.3 Å². The lowest BCUT2D eigenvalue weighted by Crippen LogP contribution is -2.26. The van der Waals surface area contributed by atoms with Gasteiger partial charge in [0.25, 0.3) is 0 Å². The van der Waals surface area contributed by atoms with Crippen molar-refractivity contribution in [2.45, 2.75) is 45.6 Å². The average Bonchev–Trinajstić information content (AvgIpc) is 2.85. The van der Waals surface area contributed by atoms with E-state index in [-0.39, 0.29) is 5.54 Å². The molecule has 0 saturated heterocycles. The summed E-state index contributed by atoms with van der Waals surface area (Å²) in [6, 6.07) is 2.07. The van der Waals surface area contributed by atoms with Crippen LogP contribution in [0.5, 0.6) is 0 Å². The molecule has 0 bridgehead atoms. The summed E-state index contributed by atoms with van der Waals surface area (Å²) in [5, 5.41) is 3.36. The zero-order valence-electron chi connectivity index (χ0n) is 9.75. The molecule has 0 atom stereocenters. The Bertz CT molecular complexity index is 337. The summed E-state index contributed by atoms with van der Waals surface area (Å²) in [5.74, 6) is 1.82. The van der Waals surface area contributed by atoms with Crippen molar-refractivity contribution in [1.82, 2.24) is 9.97 Å². The van der Waals surface area contributed by atoms with Gasteiger partial charge in [0.15, 0.2) is 0 Å². The van der Waals surface area contributed by atoms with E-state index in [0.717, 1.165) is 18.2 Å². The topological polar surface area (TPSA) is 37.8 Å². The molecule has 3 heteroatoms. The van der Waals surface area contributed by atoms with Gasteiger partial charge in [-0.3, -0.25) is 0 Å². The third kappa shape index (κ3) is 3.50. The highest BCUT2D eigenvalue weighted by molar-refractivity contribution is 5.37. The van der Waals surface area contributed by atoms with Crippen LogP contribution in [0.2, 0.25) is 0 Å². The van der Waals surface area contributed by atoms with Crippen molar-refractivity contribution in [3.05, 3.63) is 18.1 Å². The van der Waals surface area contributed by atoms with Gasteiger partial charge in [0.1, 0.15) is 12.1 Å². The molecule has 1 N–H and O–H groups in total. The number of nitrogens with zero attached hydrogens (tertiary/aromatic N) is 2. The Morgan fingerprint density at radius 2 is 2.07 bits per heavy atom. The molecule has 3 nitrogen and oxygen atoms in total. The first-order valence-electron chi connectivity index (χ1n) is 5.62. The van der Waals surface area contributed by atoms with E-state index in [4.69, 9.17) is 0 Å². The number of anilines is 1. The Hall–Kier alpha value is -1.12. The normalized spacial score (nSPS) is 16.5. The second kappa shape index (κ2) is 3.80. The van der Waals surface area contributed by atoms with Gasteiger partial charge in [-0.05, 0) is 46.0 Å². The van der Waals surface area contributed by atoms with Crippen LogP contribution in [0.25, 0.3) is 0 Å². The fourth-order valence-corrected chi connectivity index (χ4v) is 1.58. The first-order chi connectivity index (χ1) is 7.03. The molecule has 1 fully saturated rings. The molecule has 0 unspecified atom stereocenters. The van der Waals surface area contributed by atoms with Gasteiger partial charge in [-0.1, -0.05) is 0 Å². The molecular formula is C12H19N3. The van der Waals surface area contributed by atoms with Crippen molar-refractivity contribution in [1.29, 1.82) is 0 Å². The number of rotatable bonds is 3. The van der Waals surface area contributed by atoms with Crippen LogP contribution in [0.15, 0.2) is 12.4 Å². The molecule has 1 aliphatic rings. The molecule has 1 heterocycles. The summed E-state index contributed by atoms with van der Waals surface area (Å²) in [7, 11) is 0. The fourth-order valence-electron chi connectivity index (χ4n) is 1.58. The number of hydrogen-bond donors (Lipinski definition) is 1. The maximum absolute atomic E-state index is 4.30. The molecule has 1 aliphatic carbocycles. The molecule has 1 aromatic heterocycles. The summed E-state index contributed by atoms with van der Waals surface area (Å²) in [6.07, 6.45) is 5.51. The van der Waals surface area contributed by atoms with Crippen LogP contribution in [0.1, 0.15) is 39.3 Å². The van der Waals surface area contributed by atoms with Crippen molar-refractivity contribution in [2.75, 3.05) is 5.32 Å². The summed E-state index contributed by atoms with van der Waals surface area (Å²) < 4.78 is 0. The smallest absolute Gasteiger partial charge is 0.129 e. The molecular weight excluding hydrogens is 186 g/mol. The lowest BCUT2D eigenvalue weighted by molar-refractivity contribution is 0.629. The number of hydrogen-bond acceptors (Lipinski definition) is 3. The van der Waals surface area contributed by atoms with Crippen molar-refractivity contribution >= 4 is 5.82 Å². The zero-order valence-corrected chi connectivity index (χ0v) is 9.75. The van der Waals surface area contributed by atoms with Crippen LogP contribution in [-0.2, 0) is 6.42 Å². The van der Waals surface area contributed by atoms with Crippen LogP contribution in [-0.4, -0.2) is 15.5 Å². The molecule has 2 rings (SSSR count). The van der Waals surface area contributed by atoms with Gasteiger partial charge in [-0.25, -0.2) is 9.97 Å². The minimum atomic E-state index is 0.0607. The Kier molecular flexibility index (Phi) is 2.63. The van der Waals surface area contributed by atoms with Gasteiger partial charge >= 0.3 is 0 Å². The summed E-state index contributed by atoms with van der Waals surface area (Å²) in [4.78, 5) is 8.53. The lowest BCUT2D eigenvalue weighted by atomic mass is 10.1. The van der Waals surface area contributed by atoms with E-state index in [1.165, 1.54) is 18.5 Å². The lowest BCUT2D eigenvalue weighted by Gasteiger charge is -2.21. The molecule has 0 aliphatic heterocycles. The van der Waals surface area contributed by atoms with Crippen LogP contribution < -0.4 is 5.32 Å². The predicted octanol–water partition coefficient (Wildman–Crippen LogP) is 2.64. The van der Waals surface area contributed by atoms with Gasteiger partial charge in [0.05, 0.1) is 0 Å². The SMILES string of the molecule is CC(C)(C)Nc1cc(CC2CC2)ncn1. The van der Waals surface area contributed by atoms with Gasteiger partial charge in [0.2, 0.25) is 0 Å². The molecule has 0 aromatic carbocycles. The quantitative estimate of drug-likeness (QED) is 0.824. The molecule has 15 heavy (non-hydrogen) atoms. The maximum Gasteiger partial charge on any atom is 0.129 e. The van der Waals surface area contributed by atoms with Crippen molar-refractivity contribution < 1.29 is 0 Å². The Labute approximate surface area is 91.3 Å². The molecule has 1 saturated carbocycles. The minimum Gasteiger partial charge on any atom is -0.365 e. The monoisotopic (exact) mass is 205 g/mol. The highest BCUT2D eigenvalue weighted by atomic mass is 15.1. The number of aromatic nitrogens is 2. The third-order valence-corrected chi connectivity index (χ3v) is 2.42. The maximum atomic E-state index is 4.30. The molecule has 0 amide bonds. The standard InChI is InChI=1S/C12H19N3/c1-12(2,3)15-11-7-10(13-8-14-11)6-9-4-5-9/h7-9H,4-6H2,1-3H3,(H,13,14,15). The van der Waals surface area contributed by atoms with Crippen molar-refractivity contribution in [3.63, 3.8) is 0 Å². The molecule has 1 aromatic rings. The van der Waals surface area contributed by atoms with E-state index >= 15 is 0 Å². The minimum absolute atomic E-state index is 0.0607. The first-order valence-corrected chi connectivity index (χ1v) is 5.62. The average molecular weight is 205 g/mol. The number of nitrogens with one attached hydrogen (secondary N) is 1. The van der Waals surface area contributed by atoms with Gasteiger partial charge in [-0.15, -0.1) is 0 Å². The summed E-state index contributed by atoms with van der Waals surface area (Å²) >= 11 is 0. The van der Waals surface area contributed by atoms with Crippen LogP contribution >= 0.6 is 0 Å². The van der Waals surface area contributed by atoms with Crippen LogP contribution in [0, 0.1) is 5.92 Å². The van der Waals surface area contributed by atoms with E-state index in [9.17, 15) is 0 Å².